The summed E-state index contributed by atoms with van der Waals surface area (Å²) in [6.07, 6.45) is 2.64. The highest BCUT2D eigenvalue weighted by molar-refractivity contribution is 7.88. The van der Waals surface area contributed by atoms with Crippen LogP contribution in [0.2, 0.25) is 5.02 Å². The van der Waals surface area contributed by atoms with Crippen molar-refractivity contribution in [3.63, 3.8) is 0 Å². The van der Waals surface area contributed by atoms with Crippen molar-refractivity contribution in [2.45, 2.75) is 25.3 Å². The number of hydrogen-bond acceptors (Lipinski definition) is 6. The maximum Gasteiger partial charge on any atom is 0.281 e. The molecule has 0 bridgehead atoms. The zero-order chi connectivity index (χ0) is 19.9. The van der Waals surface area contributed by atoms with E-state index in [2.05, 4.69) is 20.3 Å². The number of aromatic amines is 1. The molecular weight excluding hydrogens is 404 g/mol. The molecule has 3 aromatic rings. The van der Waals surface area contributed by atoms with E-state index in [1.807, 2.05) is 18.2 Å². The van der Waals surface area contributed by atoms with Crippen LogP contribution >= 0.6 is 11.6 Å². The summed E-state index contributed by atoms with van der Waals surface area (Å²) in [7, 11) is -3.29. The van der Waals surface area contributed by atoms with Crippen LogP contribution in [0.15, 0.2) is 29.1 Å². The number of aromatic nitrogens is 5. The topological polar surface area (TPSA) is 114 Å². The van der Waals surface area contributed by atoms with Crippen LogP contribution in [0.3, 0.4) is 0 Å². The van der Waals surface area contributed by atoms with Crippen molar-refractivity contribution in [1.29, 1.82) is 0 Å². The summed E-state index contributed by atoms with van der Waals surface area (Å²) in [6, 6.07) is 7.36. The molecule has 2 aromatic heterocycles. The maximum absolute atomic E-state index is 12.5. The van der Waals surface area contributed by atoms with E-state index in [4.69, 9.17) is 11.6 Å². The number of halogens is 1. The van der Waals surface area contributed by atoms with Crippen LogP contribution < -0.4 is 5.56 Å². The van der Waals surface area contributed by atoms with Crippen LogP contribution in [0, 0.1) is 0 Å². The molecule has 1 N–H and O–H groups in total. The third-order valence-electron chi connectivity index (χ3n) is 4.91. The normalized spacial score (nSPS) is 18.6. The molecule has 1 aromatic carbocycles. The van der Waals surface area contributed by atoms with Crippen molar-refractivity contribution in [2.75, 3.05) is 19.3 Å². The largest absolute Gasteiger partial charge is 0.308 e. The van der Waals surface area contributed by atoms with Gasteiger partial charge in [0.25, 0.3) is 5.56 Å². The van der Waals surface area contributed by atoms with Crippen LogP contribution in [0.25, 0.3) is 11.2 Å². The van der Waals surface area contributed by atoms with Gasteiger partial charge in [0.1, 0.15) is 5.82 Å². The van der Waals surface area contributed by atoms with E-state index in [-0.39, 0.29) is 17.0 Å². The molecule has 1 saturated heterocycles. The standard InChI is InChI=1S/C17H19ClN6O3S/c1-28(26,27)23-8-4-6-12(9-23)15-19-16-14(17(25)20-15)21-22-24(16)10-11-5-2-3-7-13(11)18/h2-3,5,7,12H,4,6,8-10H2,1H3,(H,19,20,25)/t12-/m0/s1. The summed E-state index contributed by atoms with van der Waals surface area (Å²) in [4.78, 5) is 19.8. The Balaban J connectivity index is 1.71. The number of nitrogens with zero attached hydrogens (tertiary/aromatic N) is 5. The van der Waals surface area contributed by atoms with Crippen molar-refractivity contribution >= 4 is 32.8 Å². The SMILES string of the molecule is CS(=O)(=O)N1CCC[C@H](c2nc3c(nnn3Cc3ccccc3Cl)c(=O)[nH]2)C1. The molecule has 4 rings (SSSR count). The Labute approximate surface area is 166 Å². The molecule has 1 fully saturated rings. The molecule has 0 spiro atoms. The summed E-state index contributed by atoms with van der Waals surface area (Å²) in [5.74, 6) is 0.262. The zero-order valence-electron chi connectivity index (χ0n) is 15.2. The highest BCUT2D eigenvalue weighted by Crippen LogP contribution is 2.26. The Bertz CT molecular complexity index is 1190. The first-order valence-electron chi connectivity index (χ1n) is 8.85. The van der Waals surface area contributed by atoms with E-state index in [9.17, 15) is 13.2 Å². The van der Waals surface area contributed by atoms with E-state index in [0.29, 0.717) is 42.5 Å². The summed E-state index contributed by atoms with van der Waals surface area (Å²) in [5, 5.41) is 8.58. The first-order chi connectivity index (χ1) is 13.3. The molecule has 148 valence electrons. The number of H-pyrrole nitrogens is 1. The number of hydrogen-bond donors (Lipinski definition) is 1. The summed E-state index contributed by atoms with van der Waals surface area (Å²) >= 11 is 6.22. The molecule has 1 aliphatic rings. The number of sulfonamides is 1. The fourth-order valence-electron chi connectivity index (χ4n) is 3.44. The highest BCUT2D eigenvalue weighted by atomic mass is 35.5. The monoisotopic (exact) mass is 422 g/mol. The van der Waals surface area contributed by atoms with Crippen molar-refractivity contribution < 1.29 is 8.42 Å². The molecule has 9 nitrogen and oxygen atoms in total. The molecule has 0 amide bonds. The molecule has 0 aliphatic carbocycles. The first kappa shape index (κ1) is 19.0. The Morgan fingerprint density at radius 3 is 2.86 bits per heavy atom. The van der Waals surface area contributed by atoms with Gasteiger partial charge in [-0.3, -0.25) is 4.79 Å². The van der Waals surface area contributed by atoms with Gasteiger partial charge in [-0.25, -0.2) is 22.4 Å². The van der Waals surface area contributed by atoms with Gasteiger partial charge in [0.2, 0.25) is 10.0 Å². The minimum absolute atomic E-state index is 0.145. The van der Waals surface area contributed by atoms with Crippen LogP contribution in [0.4, 0.5) is 0 Å². The van der Waals surface area contributed by atoms with Gasteiger partial charge in [-0.1, -0.05) is 35.0 Å². The molecule has 3 heterocycles. The van der Waals surface area contributed by atoms with Crippen molar-refractivity contribution in [1.82, 2.24) is 29.3 Å². The van der Waals surface area contributed by atoms with Gasteiger partial charge >= 0.3 is 0 Å². The molecule has 28 heavy (non-hydrogen) atoms. The van der Waals surface area contributed by atoms with E-state index in [1.165, 1.54) is 15.2 Å². The lowest BCUT2D eigenvalue weighted by molar-refractivity contribution is 0.311. The second-order valence-electron chi connectivity index (χ2n) is 6.92. The van der Waals surface area contributed by atoms with Gasteiger partial charge in [-0.15, -0.1) is 5.10 Å². The average Bonchev–Trinajstić information content (AvgIpc) is 3.06. The highest BCUT2D eigenvalue weighted by Gasteiger charge is 2.29. The number of benzene rings is 1. The van der Waals surface area contributed by atoms with Crippen molar-refractivity contribution in [3.05, 3.63) is 51.0 Å². The average molecular weight is 423 g/mol. The third kappa shape index (κ3) is 3.67. The Morgan fingerprint density at radius 1 is 1.32 bits per heavy atom. The van der Waals surface area contributed by atoms with Gasteiger partial charge in [-0.2, -0.15) is 0 Å². The van der Waals surface area contributed by atoms with E-state index < -0.39 is 10.0 Å². The van der Waals surface area contributed by atoms with Gasteiger partial charge in [0.05, 0.1) is 12.8 Å². The van der Waals surface area contributed by atoms with Crippen molar-refractivity contribution in [3.8, 4) is 0 Å². The number of piperidine rings is 1. The van der Waals surface area contributed by atoms with Gasteiger partial charge in [0.15, 0.2) is 11.2 Å². The fraction of sp³-hybridized carbons (Fsp3) is 0.412. The van der Waals surface area contributed by atoms with Gasteiger partial charge < -0.3 is 4.98 Å². The number of rotatable bonds is 4. The van der Waals surface area contributed by atoms with Crippen LogP contribution in [-0.2, 0) is 16.6 Å². The lowest BCUT2D eigenvalue weighted by atomic mass is 9.99. The fourth-order valence-corrected chi connectivity index (χ4v) is 4.54. The van der Waals surface area contributed by atoms with Crippen LogP contribution in [0.5, 0.6) is 0 Å². The lowest BCUT2D eigenvalue weighted by Gasteiger charge is -2.30. The van der Waals surface area contributed by atoms with Crippen LogP contribution in [-0.4, -0.2) is 57.0 Å². The molecule has 0 unspecified atom stereocenters. The van der Waals surface area contributed by atoms with Gasteiger partial charge in [0, 0.05) is 24.0 Å². The summed E-state index contributed by atoms with van der Waals surface area (Å²) in [6.45, 7) is 1.10. The second-order valence-corrected chi connectivity index (χ2v) is 9.31. The van der Waals surface area contributed by atoms with Gasteiger partial charge in [-0.05, 0) is 24.5 Å². The third-order valence-corrected chi connectivity index (χ3v) is 6.55. The Morgan fingerprint density at radius 2 is 2.11 bits per heavy atom. The number of fused-ring (bicyclic) bond motifs is 1. The maximum atomic E-state index is 12.5. The minimum atomic E-state index is -3.29. The summed E-state index contributed by atoms with van der Waals surface area (Å²) in [5.41, 5.74) is 0.948. The lowest BCUT2D eigenvalue weighted by Crippen LogP contribution is -2.39. The molecule has 0 radical (unpaired) electrons. The Kier molecular flexibility index (Phi) is 4.94. The molecule has 1 aliphatic heterocycles. The van der Waals surface area contributed by atoms with E-state index in [1.54, 1.807) is 6.07 Å². The van der Waals surface area contributed by atoms with E-state index >= 15 is 0 Å². The predicted octanol–water partition coefficient (Wildman–Crippen LogP) is 1.36. The molecule has 1 atom stereocenters. The quantitative estimate of drug-likeness (QED) is 0.678. The van der Waals surface area contributed by atoms with Crippen LogP contribution in [0.1, 0.15) is 30.1 Å². The van der Waals surface area contributed by atoms with Crippen molar-refractivity contribution in [2.24, 2.45) is 0 Å². The molecular formula is C17H19ClN6O3S. The molecule has 11 heteroatoms. The number of nitrogens with one attached hydrogen (secondary N) is 1. The summed E-state index contributed by atoms with van der Waals surface area (Å²) < 4.78 is 26.7. The molecule has 0 saturated carbocycles. The zero-order valence-corrected chi connectivity index (χ0v) is 16.7. The minimum Gasteiger partial charge on any atom is -0.308 e. The predicted molar refractivity (Wildman–Crippen MR) is 105 cm³/mol. The van der Waals surface area contributed by atoms with E-state index in [0.717, 1.165) is 12.0 Å². The second kappa shape index (κ2) is 7.26. The first-order valence-corrected chi connectivity index (χ1v) is 11.1. The Hall–Kier alpha value is -2.30. The smallest absolute Gasteiger partial charge is 0.281 e.